The number of para-hydroxylation sites is 1. The molecule has 2 rings (SSSR count). The number of carbonyl (C=O) groups excluding carboxylic acids is 1. The third-order valence-electron chi connectivity index (χ3n) is 3.39. The number of hydrogen-bond acceptors (Lipinski definition) is 5. The van der Waals surface area contributed by atoms with Gasteiger partial charge in [-0.1, -0.05) is 37.7 Å². The Kier molecular flexibility index (Phi) is 4.86. The third-order valence-corrected chi connectivity index (χ3v) is 5.57. The predicted molar refractivity (Wildman–Crippen MR) is 87.3 cm³/mol. The van der Waals surface area contributed by atoms with Crippen molar-refractivity contribution in [2.45, 2.75) is 30.6 Å². The summed E-state index contributed by atoms with van der Waals surface area (Å²) in [5.74, 6) is 0.181. The van der Waals surface area contributed by atoms with Crippen molar-refractivity contribution in [1.29, 1.82) is 5.26 Å². The fourth-order valence-corrected chi connectivity index (χ4v) is 3.54. The Hall–Kier alpha value is -1.58. The Labute approximate surface area is 132 Å². The molecule has 0 aliphatic rings. The molecule has 21 heavy (non-hydrogen) atoms. The second-order valence-corrected chi connectivity index (χ2v) is 7.51. The maximum absolute atomic E-state index is 12.0. The van der Waals surface area contributed by atoms with E-state index in [9.17, 15) is 10.1 Å². The number of rotatable bonds is 5. The van der Waals surface area contributed by atoms with Gasteiger partial charge in [0.1, 0.15) is 5.54 Å². The van der Waals surface area contributed by atoms with Crippen LogP contribution in [0.25, 0.3) is 10.2 Å². The number of nitrogens with zero attached hydrogens (tertiary/aromatic N) is 2. The van der Waals surface area contributed by atoms with E-state index in [1.54, 1.807) is 18.3 Å². The van der Waals surface area contributed by atoms with Gasteiger partial charge in [-0.3, -0.25) is 4.79 Å². The molecule has 1 heterocycles. The highest BCUT2D eigenvalue weighted by atomic mass is 32.2. The van der Waals surface area contributed by atoms with Crippen LogP contribution >= 0.6 is 23.1 Å². The fourth-order valence-electron chi connectivity index (χ4n) is 1.67. The molecule has 1 atom stereocenters. The van der Waals surface area contributed by atoms with Crippen LogP contribution in [0.4, 0.5) is 0 Å². The topological polar surface area (TPSA) is 65.8 Å². The van der Waals surface area contributed by atoms with Crippen molar-refractivity contribution in [2.75, 3.05) is 5.75 Å². The van der Waals surface area contributed by atoms with E-state index in [0.29, 0.717) is 0 Å². The van der Waals surface area contributed by atoms with E-state index >= 15 is 0 Å². The predicted octanol–water partition coefficient (Wildman–Crippen LogP) is 3.44. The van der Waals surface area contributed by atoms with Gasteiger partial charge < -0.3 is 5.32 Å². The third kappa shape index (κ3) is 3.74. The molecule has 6 heteroatoms. The number of fused-ring (bicyclic) bond motifs is 1. The van der Waals surface area contributed by atoms with Crippen molar-refractivity contribution in [2.24, 2.45) is 5.92 Å². The van der Waals surface area contributed by atoms with Crippen LogP contribution in [0.1, 0.15) is 20.8 Å². The molecule has 0 spiro atoms. The molecule has 0 aliphatic carbocycles. The van der Waals surface area contributed by atoms with Crippen molar-refractivity contribution >= 4 is 39.2 Å². The molecule has 1 N–H and O–H groups in total. The van der Waals surface area contributed by atoms with Crippen molar-refractivity contribution in [3.8, 4) is 6.07 Å². The maximum atomic E-state index is 12.0. The summed E-state index contributed by atoms with van der Waals surface area (Å²) in [5.41, 5.74) is 0.125. The van der Waals surface area contributed by atoms with E-state index in [0.717, 1.165) is 14.6 Å². The van der Waals surface area contributed by atoms with Gasteiger partial charge in [0.15, 0.2) is 4.34 Å². The first-order valence-corrected chi connectivity index (χ1v) is 8.45. The van der Waals surface area contributed by atoms with Crippen molar-refractivity contribution in [1.82, 2.24) is 10.3 Å². The molecular formula is C15H17N3OS2. The standard InChI is InChI=1S/C15H17N3OS2/c1-10(2)15(3,9-16)18-13(19)8-20-14-17-11-6-4-5-7-12(11)21-14/h4-7,10H,8H2,1-3H3,(H,18,19)/t15-/m1/s1. The molecule has 0 unspecified atom stereocenters. The van der Waals surface area contributed by atoms with Gasteiger partial charge in [-0.05, 0) is 25.0 Å². The lowest BCUT2D eigenvalue weighted by molar-refractivity contribution is -0.120. The average Bonchev–Trinajstić information content (AvgIpc) is 2.87. The van der Waals surface area contributed by atoms with Gasteiger partial charge in [0.2, 0.25) is 5.91 Å². The number of benzene rings is 1. The van der Waals surface area contributed by atoms with Crippen LogP contribution in [0.5, 0.6) is 0 Å². The van der Waals surface area contributed by atoms with Gasteiger partial charge in [0.05, 0.1) is 22.0 Å². The first-order valence-electron chi connectivity index (χ1n) is 6.65. The van der Waals surface area contributed by atoms with E-state index in [1.807, 2.05) is 38.1 Å². The molecule has 0 saturated carbocycles. The molecular weight excluding hydrogens is 302 g/mol. The van der Waals surface area contributed by atoms with Crippen LogP contribution in [-0.2, 0) is 4.79 Å². The number of hydrogen-bond donors (Lipinski definition) is 1. The SMILES string of the molecule is CC(C)[C@@](C)(C#N)NC(=O)CSc1nc2ccccc2s1. The van der Waals surface area contributed by atoms with Crippen molar-refractivity contribution in [3.05, 3.63) is 24.3 Å². The fraction of sp³-hybridized carbons (Fsp3) is 0.400. The summed E-state index contributed by atoms with van der Waals surface area (Å²) >= 11 is 2.98. The highest BCUT2D eigenvalue weighted by Crippen LogP contribution is 2.29. The second-order valence-electron chi connectivity index (χ2n) is 5.25. The molecule has 0 fully saturated rings. The minimum atomic E-state index is -0.828. The Morgan fingerprint density at radius 1 is 1.52 bits per heavy atom. The van der Waals surface area contributed by atoms with E-state index in [-0.39, 0.29) is 17.6 Å². The zero-order chi connectivity index (χ0) is 15.5. The lowest BCUT2D eigenvalue weighted by Gasteiger charge is -2.27. The molecule has 0 radical (unpaired) electrons. The molecule has 2 aromatic rings. The summed E-state index contributed by atoms with van der Waals surface area (Å²) in [6.45, 7) is 5.59. The Morgan fingerprint density at radius 3 is 2.86 bits per heavy atom. The van der Waals surface area contributed by atoms with Crippen LogP contribution < -0.4 is 5.32 Å². The highest BCUT2D eigenvalue weighted by Gasteiger charge is 2.29. The summed E-state index contributed by atoms with van der Waals surface area (Å²) in [5, 5.41) is 12.0. The summed E-state index contributed by atoms with van der Waals surface area (Å²) in [4.78, 5) is 16.5. The minimum absolute atomic E-state index is 0.0545. The summed E-state index contributed by atoms with van der Waals surface area (Å²) in [7, 11) is 0. The maximum Gasteiger partial charge on any atom is 0.231 e. The van der Waals surface area contributed by atoms with Crippen molar-refractivity contribution < 1.29 is 4.79 Å². The minimum Gasteiger partial charge on any atom is -0.337 e. The van der Waals surface area contributed by atoms with Gasteiger partial charge in [0.25, 0.3) is 0 Å². The summed E-state index contributed by atoms with van der Waals surface area (Å²) in [6.07, 6.45) is 0. The van der Waals surface area contributed by atoms with Gasteiger partial charge in [-0.2, -0.15) is 5.26 Å². The molecule has 0 bridgehead atoms. The van der Waals surface area contributed by atoms with Gasteiger partial charge in [0, 0.05) is 0 Å². The lowest BCUT2D eigenvalue weighted by atomic mass is 9.90. The Morgan fingerprint density at radius 2 is 2.24 bits per heavy atom. The molecule has 0 aliphatic heterocycles. The zero-order valence-corrected chi connectivity index (χ0v) is 13.8. The number of thiazole rings is 1. The quantitative estimate of drug-likeness (QED) is 0.857. The molecule has 1 aromatic heterocycles. The van der Waals surface area contributed by atoms with E-state index in [1.165, 1.54) is 11.8 Å². The van der Waals surface area contributed by atoms with E-state index in [4.69, 9.17) is 0 Å². The summed E-state index contributed by atoms with van der Waals surface area (Å²) in [6, 6.07) is 10.1. The van der Waals surface area contributed by atoms with Crippen molar-refractivity contribution in [3.63, 3.8) is 0 Å². The Bertz CT molecular complexity index is 657. The van der Waals surface area contributed by atoms with Crippen LogP contribution in [0.2, 0.25) is 0 Å². The first kappa shape index (κ1) is 15.8. The molecule has 1 aromatic carbocycles. The van der Waals surface area contributed by atoms with Crippen LogP contribution in [0.3, 0.4) is 0 Å². The number of nitrogens with one attached hydrogen (secondary N) is 1. The Balaban J connectivity index is 1.96. The smallest absolute Gasteiger partial charge is 0.231 e. The van der Waals surface area contributed by atoms with Gasteiger partial charge in [-0.25, -0.2) is 4.98 Å². The largest absolute Gasteiger partial charge is 0.337 e. The first-order chi connectivity index (χ1) is 9.94. The van der Waals surface area contributed by atoms with Crippen LogP contribution in [-0.4, -0.2) is 22.2 Å². The monoisotopic (exact) mass is 319 g/mol. The van der Waals surface area contributed by atoms with Gasteiger partial charge in [-0.15, -0.1) is 11.3 Å². The number of aromatic nitrogens is 1. The average molecular weight is 319 g/mol. The number of carbonyl (C=O) groups is 1. The van der Waals surface area contributed by atoms with Crippen LogP contribution in [0, 0.1) is 17.2 Å². The number of thioether (sulfide) groups is 1. The summed E-state index contributed by atoms with van der Waals surface area (Å²) < 4.78 is 1.99. The molecule has 0 saturated heterocycles. The van der Waals surface area contributed by atoms with Gasteiger partial charge >= 0.3 is 0 Å². The molecule has 110 valence electrons. The zero-order valence-electron chi connectivity index (χ0n) is 12.2. The molecule has 4 nitrogen and oxygen atoms in total. The molecule has 1 amide bonds. The van der Waals surface area contributed by atoms with E-state index < -0.39 is 5.54 Å². The highest BCUT2D eigenvalue weighted by molar-refractivity contribution is 8.01. The lowest BCUT2D eigenvalue weighted by Crippen LogP contribution is -2.49. The van der Waals surface area contributed by atoms with E-state index in [2.05, 4.69) is 16.4 Å². The normalized spacial score (nSPS) is 13.9. The number of nitriles is 1. The second kappa shape index (κ2) is 6.46. The van der Waals surface area contributed by atoms with Crippen LogP contribution in [0.15, 0.2) is 28.6 Å². The number of amides is 1.